The molecule has 2 atom stereocenters. The van der Waals surface area contributed by atoms with Crippen molar-refractivity contribution in [3.8, 4) is 17.2 Å². The van der Waals surface area contributed by atoms with E-state index in [1.54, 1.807) is 0 Å². The number of hydrogen-bond donors (Lipinski definition) is 2. The molecule has 164 valence electrons. The van der Waals surface area contributed by atoms with Gasteiger partial charge in [0, 0.05) is 46.5 Å². The maximum absolute atomic E-state index is 13.6. The van der Waals surface area contributed by atoms with Crippen molar-refractivity contribution >= 4 is 39.8 Å². The summed E-state index contributed by atoms with van der Waals surface area (Å²) in [5.74, 6) is -0.641. The fourth-order valence-electron chi connectivity index (χ4n) is 4.58. The molecule has 32 heavy (non-hydrogen) atoms. The van der Waals surface area contributed by atoms with E-state index in [0.29, 0.717) is 17.9 Å². The summed E-state index contributed by atoms with van der Waals surface area (Å²) in [7, 11) is 2.90. The molecule has 7 nitrogen and oxygen atoms in total. The van der Waals surface area contributed by atoms with Gasteiger partial charge in [-0.05, 0) is 24.6 Å². The number of carbonyl (C=O) groups is 2. The number of Topliss-reactive ketones (excluding diaryl/α,β-unsaturated/α-hetero) is 1. The first-order valence-corrected chi connectivity index (χ1v) is 10.5. The highest BCUT2D eigenvalue weighted by Crippen LogP contribution is 2.53. The van der Waals surface area contributed by atoms with Crippen LogP contribution in [0.4, 0.5) is 5.69 Å². The topological polar surface area (TPSA) is 89.7 Å². The van der Waals surface area contributed by atoms with Crippen LogP contribution in [0.3, 0.4) is 0 Å². The quantitative estimate of drug-likeness (QED) is 0.555. The van der Waals surface area contributed by atoms with Gasteiger partial charge in [0.15, 0.2) is 5.75 Å². The van der Waals surface area contributed by atoms with Crippen LogP contribution in [0.15, 0.2) is 48.3 Å². The van der Waals surface area contributed by atoms with Crippen molar-refractivity contribution in [1.82, 2.24) is 4.98 Å². The van der Waals surface area contributed by atoms with Gasteiger partial charge in [0.25, 0.3) is 0 Å². The average Bonchev–Trinajstić information content (AvgIpc) is 3.38. The third kappa shape index (κ3) is 2.74. The predicted octanol–water partition coefficient (Wildman–Crippen LogP) is 4.76. The molecule has 5 rings (SSSR count). The molecule has 0 saturated carbocycles. The Balaban J connectivity index is 1.53. The van der Waals surface area contributed by atoms with Crippen LogP contribution in [0, 0.1) is 5.92 Å². The van der Waals surface area contributed by atoms with Crippen molar-refractivity contribution in [3.63, 3.8) is 0 Å². The van der Waals surface area contributed by atoms with Crippen molar-refractivity contribution in [1.29, 1.82) is 0 Å². The SMILES string of the molecule is COc1cc(OC)c2c(c1Cl)O[C@@]1(C(=O)C=C(Nc3cccc4[nH]ccc34)C[C@H]1C)C2=O. The van der Waals surface area contributed by atoms with Gasteiger partial charge in [-0.3, -0.25) is 9.59 Å². The van der Waals surface area contributed by atoms with Gasteiger partial charge < -0.3 is 24.5 Å². The second-order valence-corrected chi connectivity index (χ2v) is 8.35. The van der Waals surface area contributed by atoms with Crippen LogP contribution in [0.5, 0.6) is 17.2 Å². The number of aromatic amines is 1. The van der Waals surface area contributed by atoms with Crippen molar-refractivity contribution in [2.45, 2.75) is 18.9 Å². The van der Waals surface area contributed by atoms with E-state index in [2.05, 4.69) is 10.3 Å². The van der Waals surface area contributed by atoms with Crippen molar-refractivity contribution in [3.05, 3.63) is 58.9 Å². The van der Waals surface area contributed by atoms with Crippen LogP contribution in [0.25, 0.3) is 10.9 Å². The summed E-state index contributed by atoms with van der Waals surface area (Å²) >= 11 is 6.43. The first-order valence-electron chi connectivity index (χ1n) is 10.2. The van der Waals surface area contributed by atoms with E-state index in [9.17, 15) is 9.59 Å². The van der Waals surface area contributed by atoms with Gasteiger partial charge in [-0.1, -0.05) is 24.6 Å². The Morgan fingerprint density at radius 3 is 2.69 bits per heavy atom. The summed E-state index contributed by atoms with van der Waals surface area (Å²) in [5.41, 5.74) is 1.06. The Kier molecular flexibility index (Phi) is 4.67. The number of carbonyl (C=O) groups excluding carboxylic acids is 2. The number of nitrogens with one attached hydrogen (secondary N) is 2. The van der Waals surface area contributed by atoms with Crippen LogP contribution < -0.4 is 19.5 Å². The van der Waals surface area contributed by atoms with Crippen LogP contribution >= 0.6 is 11.6 Å². The molecule has 1 spiro atoms. The average molecular weight is 453 g/mol. The normalized spacial score (nSPS) is 22.0. The van der Waals surface area contributed by atoms with Crippen LogP contribution in [-0.2, 0) is 4.79 Å². The molecule has 2 N–H and O–H groups in total. The third-order valence-corrected chi connectivity index (χ3v) is 6.56. The molecule has 0 radical (unpaired) electrons. The molecule has 8 heteroatoms. The van der Waals surface area contributed by atoms with E-state index in [1.165, 1.54) is 26.4 Å². The molecule has 0 unspecified atom stereocenters. The second-order valence-electron chi connectivity index (χ2n) is 7.97. The molecule has 2 heterocycles. The Labute approximate surface area is 189 Å². The van der Waals surface area contributed by atoms with Gasteiger partial charge >= 0.3 is 0 Å². The number of methoxy groups -OCH3 is 2. The molecule has 2 aliphatic rings. The summed E-state index contributed by atoms with van der Waals surface area (Å²) in [6, 6.07) is 9.35. The lowest BCUT2D eigenvalue weighted by Gasteiger charge is -2.35. The lowest BCUT2D eigenvalue weighted by molar-refractivity contribution is -0.129. The number of allylic oxidation sites excluding steroid dienone is 1. The molecule has 2 aromatic carbocycles. The third-order valence-electron chi connectivity index (χ3n) is 6.20. The second kappa shape index (κ2) is 7.31. The maximum atomic E-state index is 13.6. The molecule has 0 saturated heterocycles. The van der Waals surface area contributed by atoms with Gasteiger partial charge in [-0.25, -0.2) is 0 Å². The number of benzene rings is 2. The van der Waals surface area contributed by atoms with Crippen LogP contribution in [0.2, 0.25) is 5.02 Å². The first kappa shape index (κ1) is 20.5. The van der Waals surface area contributed by atoms with Crippen molar-refractivity contribution < 1.29 is 23.8 Å². The first-order chi connectivity index (χ1) is 15.4. The van der Waals surface area contributed by atoms with Crippen molar-refractivity contribution in [2.24, 2.45) is 5.92 Å². The standard InChI is InChI=1S/C24H21ClN2O5/c1-12-9-13(27-16-6-4-5-15-14(16)7-8-26-15)10-19(28)24(12)23(29)20-17(30-2)11-18(31-3)21(25)22(20)32-24/h4-8,10-12,26-27H,9H2,1-3H3/t12-,24+/m1/s1. The molecule has 0 fully saturated rings. The molecule has 1 aliphatic carbocycles. The zero-order valence-electron chi connectivity index (χ0n) is 17.7. The number of halogens is 1. The molecule has 1 aliphatic heterocycles. The number of H-pyrrole nitrogens is 1. The number of hydrogen-bond acceptors (Lipinski definition) is 6. The zero-order chi connectivity index (χ0) is 22.6. The van der Waals surface area contributed by atoms with E-state index in [1.807, 2.05) is 37.4 Å². The number of anilines is 1. The molecule has 3 aromatic rings. The zero-order valence-corrected chi connectivity index (χ0v) is 18.5. The minimum atomic E-state index is -1.68. The summed E-state index contributed by atoms with van der Waals surface area (Å²) in [6.45, 7) is 1.82. The Hall–Kier alpha value is -3.45. The number of aromatic nitrogens is 1. The highest BCUT2D eigenvalue weighted by atomic mass is 35.5. The molecule has 0 amide bonds. The molecular weight excluding hydrogens is 432 g/mol. The van der Waals surface area contributed by atoms with E-state index in [-0.39, 0.29) is 22.1 Å². The largest absolute Gasteiger partial charge is 0.496 e. The summed E-state index contributed by atoms with van der Waals surface area (Å²) < 4.78 is 16.7. The van der Waals surface area contributed by atoms with Gasteiger partial charge in [-0.2, -0.15) is 0 Å². The van der Waals surface area contributed by atoms with E-state index < -0.39 is 23.1 Å². The monoisotopic (exact) mass is 452 g/mol. The van der Waals surface area contributed by atoms with Gasteiger partial charge in [0.05, 0.1) is 14.2 Å². The fraction of sp³-hybridized carbons (Fsp3) is 0.250. The Morgan fingerprint density at radius 1 is 1.19 bits per heavy atom. The Bertz CT molecular complexity index is 1310. The minimum Gasteiger partial charge on any atom is -0.496 e. The number of rotatable bonds is 4. The fourth-order valence-corrected chi connectivity index (χ4v) is 4.85. The minimum absolute atomic E-state index is 0.120. The molecule has 1 aromatic heterocycles. The van der Waals surface area contributed by atoms with E-state index in [4.69, 9.17) is 25.8 Å². The maximum Gasteiger partial charge on any atom is 0.236 e. The van der Waals surface area contributed by atoms with E-state index >= 15 is 0 Å². The van der Waals surface area contributed by atoms with Gasteiger partial charge in [0.1, 0.15) is 22.1 Å². The number of ether oxygens (including phenoxy) is 3. The summed E-state index contributed by atoms with van der Waals surface area (Å²) in [4.78, 5) is 30.1. The van der Waals surface area contributed by atoms with E-state index in [0.717, 1.165) is 16.6 Å². The Morgan fingerprint density at radius 2 is 1.97 bits per heavy atom. The number of ketones is 2. The predicted molar refractivity (Wildman–Crippen MR) is 121 cm³/mol. The highest BCUT2D eigenvalue weighted by Gasteiger charge is 2.60. The highest BCUT2D eigenvalue weighted by molar-refractivity contribution is 6.36. The summed E-state index contributed by atoms with van der Waals surface area (Å²) in [5, 5.41) is 4.50. The van der Waals surface area contributed by atoms with Crippen LogP contribution in [0.1, 0.15) is 23.7 Å². The lowest BCUT2D eigenvalue weighted by atomic mass is 9.74. The molecule has 0 bridgehead atoms. The summed E-state index contributed by atoms with van der Waals surface area (Å²) in [6.07, 6.45) is 3.75. The van der Waals surface area contributed by atoms with Crippen molar-refractivity contribution in [2.75, 3.05) is 19.5 Å². The number of fused-ring (bicyclic) bond motifs is 2. The molecular formula is C24H21ClN2O5. The van der Waals surface area contributed by atoms with Gasteiger partial charge in [0.2, 0.25) is 17.2 Å². The van der Waals surface area contributed by atoms with Crippen LogP contribution in [-0.4, -0.2) is 36.4 Å². The van der Waals surface area contributed by atoms with Gasteiger partial charge in [-0.15, -0.1) is 0 Å². The lowest BCUT2D eigenvalue weighted by Crippen LogP contribution is -2.55. The smallest absolute Gasteiger partial charge is 0.236 e.